The van der Waals surface area contributed by atoms with Gasteiger partial charge in [-0.25, -0.2) is 10.2 Å². The minimum atomic E-state index is -0.511. The van der Waals surface area contributed by atoms with Crippen LogP contribution in [0.1, 0.15) is 32.5 Å². The number of benzene rings is 3. The van der Waals surface area contributed by atoms with Crippen LogP contribution in [0.5, 0.6) is 11.5 Å². The molecular weight excluding hydrogens is 460 g/mol. The number of hydrazone groups is 1. The fraction of sp³-hybridized carbons (Fsp3) is 0.0800. The molecule has 1 amide bonds. The number of carbonyl (C=O) groups excluding carboxylic acids is 2. The third-order valence-corrected chi connectivity index (χ3v) is 6.28. The van der Waals surface area contributed by atoms with Gasteiger partial charge in [0.15, 0.2) is 0 Å². The molecule has 0 radical (unpaired) electrons. The molecule has 0 atom stereocenters. The highest BCUT2D eigenvalue weighted by Gasteiger charge is 2.19. The third-order valence-electron chi connectivity index (χ3n) is 4.62. The van der Waals surface area contributed by atoms with Crippen molar-refractivity contribution >= 4 is 51.1 Å². The number of para-hydroxylation sites is 1. The van der Waals surface area contributed by atoms with Gasteiger partial charge in [0, 0.05) is 10.1 Å². The number of carbonyl (C=O) groups is 2. The summed E-state index contributed by atoms with van der Waals surface area (Å²) in [6.07, 6.45) is 1.50. The molecule has 0 saturated carbocycles. The second-order valence-corrected chi connectivity index (χ2v) is 8.26. The second kappa shape index (κ2) is 10.3. The van der Waals surface area contributed by atoms with Crippen LogP contribution in [0.2, 0.25) is 5.02 Å². The van der Waals surface area contributed by atoms with E-state index in [1.54, 1.807) is 48.5 Å². The van der Waals surface area contributed by atoms with E-state index in [0.717, 1.165) is 10.1 Å². The summed E-state index contributed by atoms with van der Waals surface area (Å²) in [5.41, 5.74) is 3.60. The van der Waals surface area contributed by atoms with Crippen molar-refractivity contribution in [1.29, 1.82) is 0 Å². The molecular formula is C25H19ClN2O4S. The Kier molecular flexibility index (Phi) is 7.02. The maximum absolute atomic E-state index is 12.6. The van der Waals surface area contributed by atoms with Crippen LogP contribution < -0.4 is 14.9 Å². The van der Waals surface area contributed by atoms with Gasteiger partial charge in [0.25, 0.3) is 5.91 Å². The summed E-state index contributed by atoms with van der Waals surface area (Å²) in [5, 5.41) is 5.21. The van der Waals surface area contributed by atoms with Gasteiger partial charge in [0.1, 0.15) is 16.4 Å². The quantitative estimate of drug-likeness (QED) is 0.154. The Morgan fingerprint density at radius 3 is 2.52 bits per heavy atom. The van der Waals surface area contributed by atoms with Crippen molar-refractivity contribution < 1.29 is 19.1 Å². The summed E-state index contributed by atoms with van der Waals surface area (Å²) in [6.45, 7) is 2.31. The van der Waals surface area contributed by atoms with Crippen LogP contribution in [0, 0.1) is 0 Å². The predicted molar refractivity (Wildman–Crippen MR) is 131 cm³/mol. The topological polar surface area (TPSA) is 77.0 Å². The molecule has 166 valence electrons. The second-order valence-electron chi connectivity index (χ2n) is 6.83. The number of amides is 1. The molecule has 4 aromatic rings. The summed E-state index contributed by atoms with van der Waals surface area (Å²) in [7, 11) is 0. The molecule has 4 rings (SSSR count). The third kappa shape index (κ3) is 5.22. The zero-order valence-corrected chi connectivity index (χ0v) is 19.2. The number of fused-ring (bicyclic) bond motifs is 1. The number of esters is 1. The fourth-order valence-electron chi connectivity index (χ4n) is 3.08. The van der Waals surface area contributed by atoms with Gasteiger partial charge < -0.3 is 9.47 Å². The zero-order valence-electron chi connectivity index (χ0n) is 17.6. The molecule has 33 heavy (non-hydrogen) atoms. The van der Waals surface area contributed by atoms with E-state index in [0.29, 0.717) is 39.1 Å². The van der Waals surface area contributed by atoms with Crippen molar-refractivity contribution in [1.82, 2.24) is 5.43 Å². The van der Waals surface area contributed by atoms with E-state index in [1.807, 2.05) is 31.2 Å². The summed E-state index contributed by atoms with van der Waals surface area (Å²) in [4.78, 5) is 25.3. The van der Waals surface area contributed by atoms with Crippen molar-refractivity contribution in [2.75, 3.05) is 6.61 Å². The lowest BCUT2D eigenvalue weighted by Gasteiger charge is -2.08. The number of nitrogens with zero attached hydrogens (tertiary/aromatic N) is 1. The van der Waals surface area contributed by atoms with Crippen molar-refractivity contribution in [2.24, 2.45) is 5.10 Å². The van der Waals surface area contributed by atoms with Crippen LogP contribution in [-0.4, -0.2) is 24.7 Å². The molecule has 0 unspecified atom stereocenters. The van der Waals surface area contributed by atoms with Gasteiger partial charge in [-0.1, -0.05) is 41.9 Å². The zero-order chi connectivity index (χ0) is 23.2. The van der Waals surface area contributed by atoms with Crippen molar-refractivity contribution in [3.8, 4) is 11.5 Å². The molecule has 0 aliphatic carbocycles. The van der Waals surface area contributed by atoms with Gasteiger partial charge in [0.2, 0.25) is 0 Å². The molecule has 1 heterocycles. The van der Waals surface area contributed by atoms with Crippen LogP contribution in [0.15, 0.2) is 77.9 Å². The first-order chi connectivity index (χ1) is 16.1. The molecule has 0 bridgehead atoms. The van der Waals surface area contributed by atoms with Gasteiger partial charge in [-0.3, -0.25) is 4.79 Å². The number of hydrogen-bond donors (Lipinski definition) is 1. The average Bonchev–Trinajstić information content (AvgIpc) is 3.17. The van der Waals surface area contributed by atoms with E-state index < -0.39 is 5.97 Å². The first-order valence-electron chi connectivity index (χ1n) is 10.1. The van der Waals surface area contributed by atoms with Crippen LogP contribution in [0.4, 0.5) is 0 Å². The number of thiophene rings is 1. The maximum Gasteiger partial charge on any atom is 0.355 e. The SMILES string of the molecule is CCOc1ccccc1C(=O)N/N=C/c1ccc(OC(=O)c2sc3ccccc3c2Cl)cc1. The van der Waals surface area contributed by atoms with Gasteiger partial charge in [0.05, 0.1) is 23.4 Å². The Hall–Kier alpha value is -3.68. The van der Waals surface area contributed by atoms with Crippen molar-refractivity contribution in [3.63, 3.8) is 0 Å². The first-order valence-corrected chi connectivity index (χ1v) is 11.3. The highest BCUT2D eigenvalue weighted by Crippen LogP contribution is 2.35. The van der Waals surface area contributed by atoms with E-state index in [1.165, 1.54) is 17.6 Å². The highest BCUT2D eigenvalue weighted by molar-refractivity contribution is 7.21. The van der Waals surface area contributed by atoms with Gasteiger partial charge in [-0.2, -0.15) is 5.10 Å². The highest BCUT2D eigenvalue weighted by atomic mass is 35.5. The van der Waals surface area contributed by atoms with Crippen molar-refractivity contribution in [2.45, 2.75) is 6.92 Å². The molecule has 6 nitrogen and oxygen atoms in total. The van der Waals surface area contributed by atoms with E-state index in [2.05, 4.69) is 10.5 Å². The summed E-state index contributed by atoms with van der Waals surface area (Å²) in [5.74, 6) is -0.0122. The Bertz CT molecular complexity index is 1330. The lowest BCUT2D eigenvalue weighted by Crippen LogP contribution is -2.18. The molecule has 0 aliphatic rings. The van der Waals surface area contributed by atoms with Gasteiger partial charge in [-0.05, 0) is 55.0 Å². The molecule has 0 spiro atoms. The fourth-order valence-corrected chi connectivity index (χ4v) is 4.47. The minimum absolute atomic E-state index is 0.360. The number of nitrogens with one attached hydrogen (secondary N) is 1. The smallest absolute Gasteiger partial charge is 0.355 e. The predicted octanol–water partition coefficient (Wildman–Crippen LogP) is 5.94. The molecule has 0 aliphatic heterocycles. The number of rotatable bonds is 7. The first kappa shape index (κ1) is 22.5. The summed E-state index contributed by atoms with van der Waals surface area (Å²) < 4.78 is 11.8. The largest absolute Gasteiger partial charge is 0.493 e. The maximum atomic E-state index is 12.6. The van der Waals surface area contributed by atoms with Crippen LogP contribution >= 0.6 is 22.9 Å². The molecule has 3 aromatic carbocycles. The van der Waals surface area contributed by atoms with Gasteiger partial charge in [-0.15, -0.1) is 11.3 Å². The summed E-state index contributed by atoms with van der Waals surface area (Å²) >= 11 is 7.64. The average molecular weight is 479 g/mol. The molecule has 8 heteroatoms. The van der Waals surface area contributed by atoms with E-state index >= 15 is 0 Å². The van der Waals surface area contributed by atoms with Crippen LogP contribution in [0.25, 0.3) is 10.1 Å². The Balaban J connectivity index is 1.38. The van der Waals surface area contributed by atoms with Crippen LogP contribution in [0.3, 0.4) is 0 Å². The minimum Gasteiger partial charge on any atom is -0.493 e. The Morgan fingerprint density at radius 2 is 1.76 bits per heavy atom. The molecule has 0 saturated heterocycles. The monoisotopic (exact) mass is 478 g/mol. The van der Waals surface area contributed by atoms with E-state index in [4.69, 9.17) is 21.1 Å². The summed E-state index contributed by atoms with van der Waals surface area (Å²) in [6, 6.07) is 21.2. The normalized spacial score (nSPS) is 11.0. The van der Waals surface area contributed by atoms with E-state index in [-0.39, 0.29) is 5.91 Å². The Labute approximate surface area is 199 Å². The standard InChI is InChI=1S/C25H19ClN2O4S/c1-2-31-20-9-5-3-7-18(20)24(29)28-27-15-16-11-13-17(14-12-16)32-25(30)23-22(26)19-8-4-6-10-21(19)33-23/h3-15H,2H2,1H3,(H,28,29)/b27-15+. The van der Waals surface area contributed by atoms with E-state index in [9.17, 15) is 9.59 Å². The number of halogens is 1. The molecule has 1 aromatic heterocycles. The molecule has 1 N–H and O–H groups in total. The van der Waals surface area contributed by atoms with Gasteiger partial charge >= 0.3 is 5.97 Å². The number of hydrogen-bond acceptors (Lipinski definition) is 6. The Morgan fingerprint density at radius 1 is 1.03 bits per heavy atom. The number of ether oxygens (including phenoxy) is 2. The van der Waals surface area contributed by atoms with Crippen molar-refractivity contribution in [3.05, 3.63) is 93.8 Å². The molecule has 0 fully saturated rings. The van der Waals surface area contributed by atoms with Crippen LogP contribution in [-0.2, 0) is 0 Å². The lowest BCUT2D eigenvalue weighted by molar-refractivity contribution is 0.0739. The lowest BCUT2D eigenvalue weighted by atomic mass is 10.2.